The lowest BCUT2D eigenvalue weighted by Gasteiger charge is -2.39. The number of nitrogen functional groups attached to an aromatic ring is 1. The van der Waals surface area contributed by atoms with Crippen molar-refractivity contribution in [1.29, 1.82) is 0 Å². The minimum Gasteiger partial charge on any atom is -0.399 e. The van der Waals surface area contributed by atoms with E-state index in [0.29, 0.717) is 67.8 Å². The van der Waals surface area contributed by atoms with Gasteiger partial charge in [-0.25, -0.2) is 13.8 Å². The van der Waals surface area contributed by atoms with Gasteiger partial charge < -0.3 is 25.0 Å². The number of morpholine rings is 2. The number of aromatic nitrogens is 4. The molecule has 0 spiro atoms. The van der Waals surface area contributed by atoms with Crippen molar-refractivity contribution in [1.82, 2.24) is 19.5 Å². The highest BCUT2D eigenvalue weighted by Crippen LogP contribution is 2.31. The summed E-state index contributed by atoms with van der Waals surface area (Å²) in [5.74, 6) is 1.05. The Balaban J connectivity index is 1.70. The van der Waals surface area contributed by atoms with Gasteiger partial charge in [-0.2, -0.15) is 9.97 Å². The molecular weight excluding hydrogens is 432 g/mol. The van der Waals surface area contributed by atoms with E-state index in [4.69, 9.17) is 25.2 Å². The lowest BCUT2D eigenvalue weighted by molar-refractivity contribution is 0.0281. The number of rotatable bonds is 4. The second kappa shape index (κ2) is 8.71. The molecule has 2 aliphatic rings. The van der Waals surface area contributed by atoms with Crippen LogP contribution in [0.25, 0.3) is 17.0 Å². The van der Waals surface area contributed by atoms with Crippen molar-refractivity contribution in [3.63, 3.8) is 0 Å². The number of ether oxygens (including phenoxy) is 2. The average molecular weight is 460 g/mol. The maximum atomic E-state index is 14.1. The van der Waals surface area contributed by atoms with Crippen LogP contribution in [0.1, 0.15) is 26.1 Å². The van der Waals surface area contributed by atoms with E-state index in [-0.39, 0.29) is 18.1 Å². The molecule has 0 amide bonds. The molecule has 3 aromatic rings. The Kier molecular flexibility index (Phi) is 5.75. The van der Waals surface area contributed by atoms with Crippen molar-refractivity contribution < 1.29 is 18.3 Å². The summed E-state index contributed by atoms with van der Waals surface area (Å²) in [4.78, 5) is 17.8. The molecule has 1 aromatic carbocycles. The monoisotopic (exact) mass is 459 g/mol. The van der Waals surface area contributed by atoms with Gasteiger partial charge in [-0.1, -0.05) is 0 Å². The lowest BCUT2D eigenvalue weighted by atomic mass is 10.1. The zero-order valence-corrected chi connectivity index (χ0v) is 18.6. The Morgan fingerprint density at radius 3 is 2.52 bits per heavy atom. The van der Waals surface area contributed by atoms with E-state index >= 15 is 0 Å². The van der Waals surface area contributed by atoms with Gasteiger partial charge in [-0.3, -0.25) is 4.57 Å². The van der Waals surface area contributed by atoms with Crippen LogP contribution < -0.4 is 15.5 Å². The molecule has 0 saturated carbocycles. The highest BCUT2D eigenvalue weighted by atomic mass is 19.3. The fraction of sp³-hybridized carbons (Fsp3) is 0.500. The van der Waals surface area contributed by atoms with Gasteiger partial charge in [-0.05, 0) is 32.0 Å². The summed E-state index contributed by atoms with van der Waals surface area (Å²) in [5, 5.41) is 0. The summed E-state index contributed by atoms with van der Waals surface area (Å²) in [6, 6.07) is 6.87. The second-order valence-electron chi connectivity index (χ2n) is 8.35. The van der Waals surface area contributed by atoms with Gasteiger partial charge in [0, 0.05) is 31.4 Å². The third-order valence-corrected chi connectivity index (χ3v) is 6.30. The van der Waals surface area contributed by atoms with Crippen LogP contribution >= 0.6 is 0 Å². The largest absolute Gasteiger partial charge is 0.399 e. The van der Waals surface area contributed by atoms with Gasteiger partial charge in [0.25, 0.3) is 6.43 Å². The fourth-order valence-electron chi connectivity index (χ4n) is 4.34. The van der Waals surface area contributed by atoms with Crippen LogP contribution in [0.2, 0.25) is 0 Å². The molecule has 33 heavy (non-hydrogen) atoms. The fourth-order valence-corrected chi connectivity index (χ4v) is 4.34. The van der Waals surface area contributed by atoms with Crippen LogP contribution in [-0.4, -0.2) is 71.1 Å². The number of hydrogen-bond acceptors (Lipinski definition) is 8. The zero-order chi connectivity index (χ0) is 23.1. The first-order valence-electron chi connectivity index (χ1n) is 11.1. The number of fused-ring (bicyclic) bond motifs is 1. The molecule has 0 aliphatic carbocycles. The molecule has 2 fully saturated rings. The van der Waals surface area contributed by atoms with Crippen molar-refractivity contribution >= 4 is 28.4 Å². The van der Waals surface area contributed by atoms with Crippen LogP contribution in [0.5, 0.6) is 0 Å². The third-order valence-electron chi connectivity index (χ3n) is 6.30. The summed E-state index contributed by atoms with van der Waals surface area (Å²) >= 11 is 0. The number of halogens is 2. The smallest absolute Gasteiger partial charge is 0.296 e. The quantitative estimate of drug-likeness (QED) is 0.596. The molecule has 11 heteroatoms. The number of hydrogen-bond donors (Lipinski definition) is 1. The molecular formula is C22H27F2N7O2. The van der Waals surface area contributed by atoms with E-state index in [0.717, 1.165) is 0 Å². The number of alkyl halides is 2. The van der Waals surface area contributed by atoms with Crippen LogP contribution in [0.15, 0.2) is 24.3 Å². The predicted octanol–water partition coefficient (Wildman–Crippen LogP) is 2.79. The van der Waals surface area contributed by atoms with Gasteiger partial charge in [0.15, 0.2) is 5.82 Å². The van der Waals surface area contributed by atoms with Crippen molar-refractivity contribution in [2.45, 2.75) is 32.4 Å². The van der Waals surface area contributed by atoms with E-state index in [1.807, 2.05) is 13.0 Å². The Hall–Kier alpha value is -3.05. The van der Waals surface area contributed by atoms with Gasteiger partial charge >= 0.3 is 0 Å². The van der Waals surface area contributed by atoms with E-state index in [2.05, 4.69) is 21.7 Å². The normalized spacial score (nSPS) is 21.8. The number of imidazole rings is 1. The molecule has 2 N–H and O–H groups in total. The molecule has 0 unspecified atom stereocenters. The molecule has 2 saturated heterocycles. The van der Waals surface area contributed by atoms with Crippen molar-refractivity contribution in [2.75, 3.05) is 55.0 Å². The Morgan fingerprint density at radius 2 is 1.76 bits per heavy atom. The zero-order valence-electron chi connectivity index (χ0n) is 18.6. The molecule has 0 radical (unpaired) electrons. The molecule has 5 rings (SSSR count). The first kappa shape index (κ1) is 21.8. The highest BCUT2D eigenvalue weighted by Gasteiger charge is 2.29. The number of benzene rings is 1. The van der Waals surface area contributed by atoms with Crippen molar-refractivity contribution in [3.8, 4) is 5.95 Å². The maximum absolute atomic E-state index is 14.1. The molecule has 9 nitrogen and oxygen atoms in total. The standard InChI is InChI=1S/C22H27F2N7O2/c1-13-14(2)33-10-7-30(13)19-12-18(29-5-8-32-9-6-29)27-22(28-19)31-17-11-15(25)3-4-16(17)26-21(31)20(23)24/h3-4,11-14,20H,5-10,25H2,1-2H3/t13-,14+/m0/s1. The second-order valence-corrected chi connectivity index (χ2v) is 8.35. The summed E-state index contributed by atoms with van der Waals surface area (Å²) in [7, 11) is 0. The Bertz CT molecular complexity index is 1150. The number of nitrogens with two attached hydrogens (primary N) is 1. The topological polar surface area (TPSA) is 94.6 Å². The minimum atomic E-state index is -2.81. The van der Waals surface area contributed by atoms with Gasteiger partial charge in [0.1, 0.15) is 11.6 Å². The minimum absolute atomic E-state index is 0.00880. The summed E-state index contributed by atoms with van der Waals surface area (Å²) < 4.78 is 40.7. The SMILES string of the molecule is C[C@H]1OCCN(c2cc(N3CCOCC3)nc(-n3c(C(F)F)nc4ccc(N)cc43)n2)[C@H]1C. The van der Waals surface area contributed by atoms with E-state index in [9.17, 15) is 8.78 Å². The Morgan fingerprint density at radius 1 is 1.00 bits per heavy atom. The van der Waals surface area contributed by atoms with E-state index in [1.54, 1.807) is 18.2 Å². The van der Waals surface area contributed by atoms with Gasteiger partial charge in [0.2, 0.25) is 5.95 Å². The molecule has 2 aromatic heterocycles. The first-order valence-corrected chi connectivity index (χ1v) is 11.1. The Labute approximate surface area is 190 Å². The molecule has 4 heterocycles. The number of anilines is 3. The van der Waals surface area contributed by atoms with Crippen LogP contribution in [0.3, 0.4) is 0 Å². The van der Waals surface area contributed by atoms with E-state index in [1.165, 1.54) is 4.57 Å². The third kappa shape index (κ3) is 4.06. The van der Waals surface area contributed by atoms with Crippen molar-refractivity contribution in [2.24, 2.45) is 0 Å². The first-order chi connectivity index (χ1) is 15.9. The summed E-state index contributed by atoms with van der Waals surface area (Å²) in [6.45, 7) is 7.75. The predicted molar refractivity (Wildman–Crippen MR) is 121 cm³/mol. The van der Waals surface area contributed by atoms with Crippen LogP contribution in [0.4, 0.5) is 26.1 Å². The molecule has 2 atom stereocenters. The average Bonchev–Trinajstić information content (AvgIpc) is 3.20. The molecule has 0 bridgehead atoms. The maximum Gasteiger partial charge on any atom is 0.296 e. The number of nitrogens with zero attached hydrogens (tertiary/aromatic N) is 6. The van der Waals surface area contributed by atoms with Crippen molar-refractivity contribution in [3.05, 3.63) is 30.1 Å². The van der Waals surface area contributed by atoms with Crippen LogP contribution in [0, 0.1) is 0 Å². The summed E-state index contributed by atoms with van der Waals surface area (Å²) in [6.07, 6.45) is -2.80. The molecule has 2 aliphatic heterocycles. The van der Waals surface area contributed by atoms with E-state index < -0.39 is 12.2 Å². The highest BCUT2D eigenvalue weighted by molar-refractivity contribution is 5.81. The van der Waals surface area contributed by atoms with Gasteiger partial charge in [-0.15, -0.1) is 0 Å². The lowest BCUT2D eigenvalue weighted by Crippen LogP contribution is -2.49. The van der Waals surface area contributed by atoms with Gasteiger partial charge in [0.05, 0.1) is 43.0 Å². The molecule has 176 valence electrons. The summed E-state index contributed by atoms with van der Waals surface area (Å²) in [5.41, 5.74) is 7.27. The van der Waals surface area contributed by atoms with Crippen LogP contribution in [-0.2, 0) is 9.47 Å².